The lowest BCUT2D eigenvalue weighted by molar-refractivity contribution is -0.213. The number of carbonyl (C=O) groups is 2. The van der Waals surface area contributed by atoms with Gasteiger partial charge in [0.2, 0.25) is 0 Å². The number of rotatable bonds is 42. The van der Waals surface area contributed by atoms with E-state index in [2.05, 4.69) is 47.2 Å². The highest BCUT2D eigenvalue weighted by Crippen LogP contribution is 2.51. The Balaban J connectivity index is 2.72. The van der Waals surface area contributed by atoms with Gasteiger partial charge in [-0.1, -0.05) is 141 Å². The van der Waals surface area contributed by atoms with Crippen LogP contribution in [0.5, 0.6) is 0 Å². The first-order chi connectivity index (χ1) is 31.8. The largest absolute Gasteiger partial charge is 0.472 e. The zero-order valence-electron chi connectivity index (χ0n) is 40.0. The van der Waals surface area contributed by atoms with Crippen LogP contribution >= 0.6 is 23.5 Å². The van der Waals surface area contributed by atoms with Crippen LogP contribution in [0.15, 0.2) is 24.3 Å². The van der Waals surface area contributed by atoms with Crippen molar-refractivity contribution in [1.29, 1.82) is 0 Å². The van der Waals surface area contributed by atoms with Gasteiger partial charge in [-0.15, -0.1) is 0 Å². The molecule has 1 saturated carbocycles. The molecule has 0 saturated heterocycles. The number of allylic oxidation sites excluding steroid dienone is 4. The third-order valence-electron chi connectivity index (χ3n) is 11.2. The van der Waals surface area contributed by atoms with Crippen molar-refractivity contribution in [2.45, 2.75) is 236 Å². The van der Waals surface area contributed by atoms with Crippen molar-refractivity contribution >= 4 is 35.4 Å². The van der Waals surface area contributed by atoms with E-state index >= 15 is 0 Å². The number of phosphoric acid groups is 3. The second kappa shape index (κ2) is 37.4. The molecule has 0 aliphatic heterocycles. The molecule has 22 heteroatoms. The lowest BCUT2D eigenvalue weighted by Gasteiger charge is -2.44. The first-order valence-corrected chi connectivity index (χ1v) is 29.2. The van der Waals surface area contributed by atoms with Crippen molar-refractivity contribution in [3.63, 3.8) is 0 Å². The summed E-state index contributed by atoms with van der Waals surface area (Å²) in [7, 11) is -16.6. The number of ether oxygens (including phenoxy) is 2. The lowest BCUT2D eigenvalue weighted by Crippen LogP contribution is -2.65. The number of aliphatic hydroxyl groups is 3. The quantitative estimate of drug-likeness (QED) is 0.0122. The van der Waals surface area contributed by atoms with Crippen molar-refractivity contribution in [3.8, 4) is 0 Å². The van der Waals surface area contributed by atoms with Crippen LogP contribution in [-0.4, -0.2) is 108 Å². The van der Waals surface area contributed by atoms with E-state index in [-0.39, 0.29) is 12.8 Å². The molecular formula is C45H85O19P3. The molecule has 0 aromatic heterocycles. The molecule has 394 valence electrons. The zero-order valence-corrected chi connectivity index (χ0v) is 42.7. The van der Waals surface area contributed by atoms with Crippen LogP contribution in [0.2, 0.25) is 0 Å². The molecule has 19 nitrogen and oxygen atoms in total. The van der Waals surface area contributed by atoms with Gasteiger partial charge in [-0.2, -0.15) is 0 Å². The molecule has 67 heavy (non-hydrogen) atoms. The highest BCUT2D eigenvalue weighted by Gasteiger charge is 2.56. The fraction of sp³-hybridized carbons (Fsp3) is 0.867. The molecule has 1 rings (SSSR count). The van der Waals surface area contributed by atoms with Gasteiger partial charge in [-0.05, 0) is 64.2 Å². The third kappa shape index (κ3) is 33.8. The van der Waals surface area contributed by atoms with Crippen molar-refractivity contribution in [1.82, 2.24) is 0 Å². The van der Waals surface area contributed by atoms with Gasteiger partial charge in [0, 0.05) is 12.8 Å². The summed E-state index contributed by atoms with van der Waals surface area (Å²) in [5.74, 6) is -1.31. The van der Waals surface area contributed by atoms with Crippen LogP contribution < -0.4 is 0 Å². The van der Waals surface area contributed by atoms with Crippen LogP contribution in [0.1, 0.15) is 194 Å². The van der Waals surface area contributed by atoms with Crippen LogP contribution in [0, 0.1) is 0 Å². The van der Waals surface area contributed by atoms with Crippen LogP contribution in [0.3, 0.4) is 0 Å². The molecule has 8 N–H and O–H groups in total. The third-order valence-corrected chi connectivity index (χ3v) is 13.3. The molecule has 1 aliphatic rings. The number of unbranched alkanes of at least 4 members (excludes halogenated alkanes) is 22. The van der Waals surface area contributed by atoms with E-state index in [1.807, 2.05) is 0 Å². The van der Waals surface area contributed by atoms with E-state index in [0.717, 1.165) is 89.9 Å². The second-order valence-corrected chi connectivity index (χ2v) is 21.2. The molecule has 0 aromatic rings. The maximum atomic E-state index is 13.1. The first kappa shape index (κ1) is 63.6. The van der Waals surface area contributed by atoms with Gasteiger partial charge in [0.25, 0.3) is 0 Å². The van der Waals surface area contributed by atoms with Gasteiger partial charge < -0.3 is 49.3 Å². The SMILES string of the molecule is CCCCCC/C=C\CCCCCCCCCC(=O)O[C@H](COC(=O)CCCCCCC/C=C\CCCCCCCC)COP(=O)(O)O[C@H]1C(O)C(O)C(OP(=O)(O)O)[C@@H](OP(=O)(O)O)C1O. The van der Waals surface area contributed by atoms with Gasteiger partial charge in [-0.25, -0.2) is 13.7 Å². The summed E-state index contributed by atoms with van der Waals surface area (Å²) >= 11 is 0. The van der Waals surface area contributed by atoms with Gasteiger partial charge in [-0.3, -0.25) is 27.7 Å². The van der Waals surface area contributed by atoms with Gasteiger partial charge in [0.05, 0.1) is 6.61 Å². The summed E-state index contributed by atoms with van der Waals surface area (Å²) < 4.78 is 65.5. The molecule has 8 atom stereocenters. The number of phosphoric ester groups is 3. The molecule has 0 bridgehead atoms. The molecule has 0 aromatic carbocycles. The Hall–Kier alpha value is -1.37. The van der Waals surface area contributed by atoms with Crippen molar-refractivity contribution in [3.05, 3.63) is 24.3 Å². The van der Waals surface area contributed by atoms with Crippen molar-refractivity contribution in [2.75, 3.05) is 13.2 Å². The standard InChI is InChI=1S/C45H85O19P3/c1-3-5-7-9-11-13-15-17-19-21-23-25-27-29-31-33-38(46)59-35-37(61-39(47)34-32-30-28-26-24-22-20-18-16-14-12-10-8-6-4-2)36-60-67(57,58)64-43-40(48)41(49)44(62-65(51,52)53)45(42(43)50)63-66(54,55)56/h14,16-17,19,37,40-45,48-50H,3-13,15,18,20-36H2,1-2H3,(H,57,58)(H2,51,52,53)(H2,54,55,56)/b16-14-,19-17-/t37-,40?,41?,42?,43+,44?,45+/m1/s1. The summed E-state index contributed by atoms with van der Waals surface area (Å²) in [5.41, 5.74) is 0. The van der Waals surface area contributed by atoms with Gasteiger partial charge >= 0.3 is 35.4 Å². The molecule has 1 fully saturated rings. The van der Waals surface area contributed by atoms with Crippen molar-refractivity contribution in [2.24, 2.45) is 0 Å². The van der Waals surface area contributed by atoms with E-state index in [1.165, 1.54) is 64.2 Å². The maximum absolute atomic E-state index is 13.1. The van der Waals surface area contributed by atoms with Crippen LogP contribution in [-0.2, 0) is 50.9 Å². The highest BCUT2D eigenvalue weighted by atomic mass is 31.2. The Morgan fingerprint density at radius 2 is 0.821 bits per heavy atom. The van der Waals surface area contributed by atoms with Crippen LogP contribution in [0.4, 0.5) is 0 Å². The van der Waals surface area contributed by atoms with E-state index in [0.29, 0.717) is 12.8 Å². The van der Waals surface area contributed by atoms with E-state index < -0.39 is 91.3 Å². The maximum Gasteiger partial charge on any atom is 0.472 e. The Morgan fingerprint density at radius 3 is 1.25 bits per heavy atom. The molecule has 0 radical (unpaired) electrons. The predicted molar refractivity (Wildman–Crippen MR) is 252 cm³/mol. The predicted octanol–water partition coefficient (Wildman–Crippen LogP) is 9.07. The summed E-state index contributed by atoms with van der Waals surface area (Å²) in [5, 5.41) is 31.9. The monoisotopic (exact) mass is 1020 g/mol. The average molecular weight is 1020 g/mol. The fourth-order valence-electron chi connectivity index (χ4n) is 7.51. The van der Waals surface area contributed by atoms with E-state index in [1.54, 1.807) is 0 Å². The molecule has 1 aliphatic carbocycles. The summed E-state index contributed by atoms with van der Waals surface area (Å²) in [4.78, 5) is 73.2. The topological polar surface area (TPSA) is 303 Å². The summed E-state index contributed by atoms with van der Waals surface area (Å²) in [6.07, 6.45) is 20.5. The Kier molecular flexibility index (Phi) is 35.5. The average Bonchev–Trinajstić information content (AvgIpc) is 3.25. The first-order valence-electron chi connectivity index (χ1n) is 24.6. The molecule has 5 unspecified atom stereocenters. The second-order valence-electron chi connectivity index (χ2n) is 17.4. The molecule has 0 heterocycles. The number of esters is 2. The van der Waals surface area contributed by atoms with Crippen molar-refractivity contribution < 1.29 is 90.6 Å². The Labute approximate surface area is 398 Å². The highest BCUT2D eigenvalue weighted by molar-refractivity contribution is 7.47. The van der Waals surface area contributed by atoms with E-state index in [9.17, 15) is 63.1 Å². The smallest absolute Gasteiger partial charge is 0.462 e. The number of carbonyl (C=O) groups excluding carboxylic acids is 2. The Morgan fingerprint density at radius 1 is 0.463 bits per heavy atom. The van der Waals surface area contributed by atoms with Crippen LogP contribution in [0.25, 0.3) is 0 Å². The van der Waals surface area contributed by atoms with Gasteiger partial charge in [0.1, 0.15) is 43.2 Å². The molecular weight excluding hydrogens is 937 g/mol. The minimum atomic E-state index is -5.60. The molecule has 0 amide bonds. The fourth-order valence-corrected chi connectivity index (χ4v) is 9.61. The number of hydrogen-bond acceptors (Lipinski definition) is 14. The molecule has 0 spiro atoms. The lowest BCUT2D eigenvalue weighted by atomic mass is 9.85. The van der Waals surface area contributed by atoms with Gasteiger partial charge in [0.15, 0.2) is 6.10 Å². The minimum absolute atomic E-state index is 0.00709. The normalized spacial score (nSPS) is 21.8. The minimum Gasteiger partial charge on any atom is -0.462 e. The summed E-state index contributed by atoms with van der Waals surface area (Å²) in [6.45, 7) is 2.93. The summed E-state index contributed by atoms with van der Waals surface area (Å²) in [6, 6.07) is 0. The number of hydrogen-bond donors (Lipinski definition) is 8. The zero-order chi connectivity index (χ0) is 50.0. The number of aliphatic hydroxyl groups excluding tert-OH is 3. The Bertz CT molecular complexity index is 1500. The van der Waals surface area contributed by atoms with E-state index in [4.69, 9.17) is 18.5 Å².